The highest BCUT2D eigenvalue weighted by atomic mass is 16.4. The van der Waals surface area contributed by atoms with Crippen molar-refractivity contribution < 1.29 is 34.2 Å². The van der Waals surface area contributed by atoms with E-state index in [9.17, 15) is 29.1 Å². The number of anilines is 1. The molecule has 0 spiro atoms. The zero-order valence-corrected chi connectivity index (χ0v) is 24.2. The molecular formula is C35H32N2O7. The SMILES string of the molecule is CC12C(=O)N(c3ccccc3)C(=O)C1CC1C(=CCC3C(=O)N(CCCC(=O)O)C(=O)C31)C2c1ccc2ccccc2c1O. The molecule has 2 saturated heterocycles. The number of amides is 4. The van der Waals surface area contributed by atoms with Gasteiger partial charge in [0.2, 0.25) is 23.6 Å². The largest absolute Gasteiger partial charge is 0.507 e. The summed E-state index contributed by atoms with van der Waals surface area (Å²) in [6.45, 7) is 1.82. The van der Waals surface area contributed by atoms with Gasteiger partial charge in [-0.1, -0.05) is 66.2 Å². The zero-order valence-electron chi connectivity index (χ0n) is 24.2. The lowest BCUT2D eigenvalue weighted by Gasteiger charge is -2.49. The number of carboxylic acids is 1. The maximum atomic E-state index is 14.5. The number of hydrogen-bond donors (Lipinski definition) is 2. The summed E-state index contributed by atoms with van der Waals surface area (Å²) in [6.07, 6.45) is 2.44. The number of carbonyl (C=O) groups is 5. The first kappa shape index (κ1) is 28.0. The van der Waals surface area contributed by atoms with E-state index in [4.69, 9.17) is 5.11 Å². The number of carboxylic acid groups (broad SMARTS) is 1. The lowest BCUT2D eigenvalue weighted by molar-refractivity contribution is -0.142. The summed E-state index contributed by atoms with van der Waals surface area (Å²) in [5, 5.41) is 22.2. The van der Waals surface area contributed by atoms with Crippen LogP contribution in [0.2, 0.25) is 0 Å². The zero-order chi connectivity index (χ0) is 30.9. The Morgan fingerprint density at radius 3 is 2.39 bits per heavy atom. The molecule has 6 unspecified atom stereocenters. The maximum Gasteiger partial charge on any atom is 0.303 e. The van der Waals surface area contributed by atoms with Crippen LogP contribution in [0.15, 0.2) is 78.4 Å². The van der Waals surface area contributed by atoms with Gasteiger partial charge in [0.1, 0.15) is 5.75 Å². The van der Waals surface area contributed by atoms with E-state index in [1.807, 2.05) is 48.5 Å². The number of phenols is 1. The maximum absolute atomic E-state index is 14.5. The fraction of sp³-hybridized carbons (Fsp3) is 0.343. The Hall–Kier alpha value is -4.79. The van der Waals surface area contributed by atoms with Crippen LogP contribution in [0.5, 0.6) is 5.75 Å². The molecule has 1 saturated carbocycles. The molecule has 4 amide bonds. The van der Waals surface area contributed by atoms with E-state index >= 15 is 0 Å². The van der Waals surface area contributed by atoms with Crippen molar-refractivity contribution >= 4 is 46.1 Å². The fourth-order valence-corrected chi connectivity index (χ4v) is 8.36. The molecule has 3 fully saturated rings. The smallest absolute Gasteiger partial charge is 0.303 e. The predicted molar refractivity (Wildman–Crippen MR) is 160 cm³/mol. The number of phenolic OH excluding ortho intramolecular Hbond substituents is 1. The third-order valence-corrected chi connectivity index (χ3v) is 10.4. The van der Waals surface area contributed by atoms with Gasteiger partial charge in [-0.15, -0.1) is 0 Å². The summed E-state index contributed by atoms with van der Waals surface area (Å²) in [4.78, 5) is 69.6. The molecule has 0 aromatic heterocycles. The predicted octanol–water partition coefficient (Wildman–Crippen LogP) is 4.64. The van der Waals surface area contributed by atoms with Crippen LogP contribution in [-0.2, 0) is 24.0 Å². The summed E-state index contributed by atoms with van der Waals surface area (Å²) in [5.41, 5.74) is 0.512. The van der Waals surface area contributed by atoms with Crippen molar-refractivity contribution in [2.24, 2.45) is 29.1 Å². The van der Waals surface area contributed by atoms with Crippen molar-refractivity contribution in [2.75, 3.05) is 11.4 Å². The Labute approximate surface area is 253 Å². The van der Waals surface area contributed by atoms with Crippen LogP contribution in [0.4, 0.5) is 5.69 Å². The Kier molecular flexibility index (Phi) is 6.46. The molecule has 2 N–H and O–H groups in total. The molecule has 2 heterocycles. The summed E-state index contributed by atoms with van der Waals surface area (Å²) in [6, 6.07) is 19.9. The minimum Gasteiger partial charge on any atom is -0.507 e. The Morgan fingerprint density at radius 2 is 1.64 bits per heavy atom. The first-order chi connectivity index (χ1) is 21.1. The third kappa shape index (κ3) is 3.87. The van der Waals surface area contributed by atoms with Crippen molar-refractivity contribution in [1.29, 1.82) is 0 Å². The van der Waals surface area contributed by atoms with Crippen LogP contribution in [0.1, 0.15) is 44.1 Å². The van der Waals surface area contributed by atoms with Gasteiger partial charge in [0.25, 0.3) is 0 Å². The highest BCUT2D eigenvalue weighted by molar-refractivity contribution is 6.24. The minimum atomic E-state index is -1.26. The number of aliphatic carboxylic acids is 1. The molecule has 6 atom stereocenters. The Morgan fingerprint density at radius 1 is 0.909 bits per heavy atom. The van der Waals surface area contributed by atoms with E-state index < -0.39 is 41.0 Å². The Bertz CT molecular complexity index is 1780. The first-order valence-corrected chi connectivity index (χ1v) is 15.1. The number of fused-ring (bicyclic) bond motifs is 5. The van der Waals surface area contributed by atoms with Gasteiger partial charge in [-0.2, -0.15) is 0 Å². The lowest BCUT2D eigenvalue weighted by Crippen LogP contribution is -2.48. The van der Waals surface area contributed by atoms with Gasteiger partial charge >= 0.3 is 5.97 Å². The molecule has 2 aliphatic heterocycles. The molecule has 0 bridgehead atoms. The number of likely N-dealkylation sites (tertiary alicyclic amines) is 1. The van der Waals surface area contributed by atoms with E-state index in [1.54, 1.807) is 31.2 Å². The topological polar surface area (TPSA) is 132 Å². The number of benzene rings is 3. The number of carbonyl (C=O) groups excluding carboxylic acids is 4. The number of para-hydroxylation sites is 1. The van der Waals surface area contributed by atoms with Crippen molar-refractivity contribution in [2.45, 2.75) is 38.5 Å². The minimum absolute atomic E-state index is 0.0221. The van der Waals surface area contributed by atoms with Gasteiger partial charge in [0, 0.05) is 29.8 Å². The van der Waals surface area contributed by atoms with Crippen molar-refractivity contribution in [3.05, 3.63) is 83.9 Å². The normalized spacial score (nSPS) is 29.5. The van der Waals surface area contributed by atoms with Gasteiger partial charge in [-0.3, -0.25) is 28.9 Å². The van der Waals surface area contributed by atoms with E-state index in [1.165, 1.54) is 9.80 Å². The van der Waals surface area contributed by atoms with Crippen molar-refractivity contribution in [3.63, 3.8) is 0 Å². The van der Waals surface area contributed by atoms with Crippen LogP contribution in [-0.4, -0.2) is 51.3 Å². The second-order valence-corrected chi connectivity index (χ2v) is 12.5. The molecule has 9 heteroatoms. The second-order valence-electron chi connectivity index (χ2n) is 12.5. The first-order valence-electron chi connectivity index (χ1n) is 15.1. The molecule has 2 aliphatic carbocycles. The summed E-state index contributed by atoms with van der Waals surface area (Å²) < 4.78 is 0. The van der Waals surface area contributed by atoms with Crippen LogP contribution >= 0.6 is 0 Å². The standard InChI is InChI=1S/C35H32N2O7/c1-35-26(32(42)37(34(35)44)20-9-3-2-4-10-20)18-25-22(29(35)24-14-13-19-8-5-6-11-21(19)30(24)40)15-16-23-28(25)33(43)36(31(23)41)17-7-12-27(38)39/h2-6,8-11,13-15,23,25-26,28-29,40H,7,12,16-18H2,1H3,(H,38,39). The molecule has 44 heavy (non-hydrogen) atoms. The van der Waals surface area contributed by atoms with Crippen molar-refractivity contribution in [3.8, 4) is 5.75 Å². The van der Waals surface area contributed by atoms with E-state index in [-0.39, 0.29) is 61.6 Å². The van der Waals surface area contributed by atoms with E-state index in [2.05, 4.69) is 0 Å². The number of aromatic hydroxyl groups is 1. The Balaban J connectivity index is 1.37. The summed E-state index contributed by atoms with van der Waals surface area (Å²) >= 11 is 0. The molecular weight excluding hydrogens is 560 g/mol. The second kappa shape index (κ2) is 10.1. The number of rotatable bonds is 6. The number of allylic oxidation sites excluding steroid dienone is 2. The van der Waals surface area contributed by atoms with Crippen molar-refractivity contribution in [1.82, 2.24) is 4.90 Å². The van der Waals surface area contributed by atoms with Gasteiger partial charge in [0.15, 0.2) is 0 Å². The lowest BCUT2D eigenvalue weighted by atomic mass is 9.51. The van der Waals surface area contributed by atoms with E-state index in [0.29, 0.717) is 16.6 Å². The molecule has 3 aromatic rings. The average Bonchev–Trinajstić information content (AvgIpc) is 3.37. The summed E-state index contributed by atoms with van der Waals surface area (Å²) in [7, 11) is 0. The van der Waals surface area contributed by atoms with Gasteiger partial charge in [-0.05, 0) is 49.6 Å². The summed E-state index contributed by atoms with van der Waals surface area (Å²) in [5.74, 6) is -5.72. The van der Waals surface area contributed by atoms with Crippen LogP contribution < -0.4 is 4.90 Å². The fourth-order valence-electron chi connectivity index (χ4n) is 8.36. The third-order valence-electron chi connectivity index (χ3n) is 10.4. The highest BCUT2D eigenvalue weighted by Gasteiger charge is 2.67. The molecule has 4 aliphatic rings. The van der Waals surface area contributed by atoms with Crippen LogP contribution in [0, 0.1) is 29.1 Å². The molecule has 0 radical (unpaired) electrons. The van der Waals surface area contributed by atoms with E-state index in [0.717, 1.165) is 11.0 Å². The molecule has 3 aromatic carbocycles. The molecule has 224 valence electrons. The number of nitrogens with zero attached hydrogens (tertiary/aromatic N) is 2. The van der Waals surface area contributed by atoms with Gasteiger partial charge in [0.05, 0.1) is 28.9 Å². The van der Waals surface area contributed by atoms with Gasteiger partial charge < -0.3 is 10.2 Å². The number of imide groups is 2. The van der Waals surface area contributed by atoms with Gasteiger partial charge in [-0.25, -0.2) is 4.90 Å². The average molecular weight is 593 g/mol. The quantitative estimate of drug-likeness (QED) is 0.315. The highest BCUT2D eigenvalue weighted by Crippen LogP contribution is 2.64. The monoisotopic (exact) mass is 592 g/mol. The molecule has 7 rings (SSSR count). The number of hydrogen-bond acceptors (Lipinski definition) is 6. The van der Waals surface area contributed by atoms with Crippen LogP contribution in [0.25, 0.3) is 10.8 Å². The molecule has 9 nitrogen and oxygen atoms in total. The van der Waals surface area contributed by atoms with Crippen LogP contribution in [0.3, 0.4) is 0 Å².